The van der Waals surface area contributed by atoms with E-state index in [0.29, 0.717) is 6.54 Å². The molecule has 88 valence electrons. The zero-order valence-electron chi connectivity index (χ0n) is 8.40. The van der Waals surface area contributed by atoms with Gasteiger partial charge in [-0.15, -0.1) is 0 Å². The second-order valence-corrected chi connectivity index (χ2v) is 2.87. The standard InChI is InChI=1S/C8H12N4O4/c9-6-7(11-4-12-8(6)15)10-1-2-16-3-5(13)14/h4H,1-3,9H2,(H,13,14)(H2,10,11,12,15). The van der Waals surface area contributed by atoms with Crippen LogP contribution in [-0.2, 0) is 9.53 Å². The number of anilines is 2. The molecule has 0 aliphatic heterocycles. The molecular weight excluding hydrogens is 216 g/mol. The second kappa shape index (κ2) is 5.71. The van der Waals surface area contributed by atoms with Crippen LogP contribution in [0.1, 0.15) is 0 Å². The highest BCUT2D eigenvalue weighted by atomic mass is 16.5. The Morgan fingerprint density at radius 2 is 2.44 bits per heavy atom. The highest BCUT2D eigenvalue weighted by molar-refractivity contribution is 5.68. The monoisotopic (exact) mass is 228 g/mol. The lowest BCUT2D eigenvalue weighted by Crippen LogP contribution is -2.19. The zero-order chi connectivity index (χ0) is 12.0. The predicted molar refractivity (Wildman–Crippen MR) is 56.2 cm³/mol. The van der Waals surface area contributed by atoms with Crippen LogP contribution in [-0.4, -0.2) is 40.8 Å². The van der Waals surface area contributed by atoms with Crippen molar-refractivity contribution >= 4 is 17.5 Å². The molecule has 0 radical (unpaired) electrons. The number of hydrogen-bond donors (Lipinski definition) is 4. The average Bonchev–Trinajstić information content (AvgIpc) is 2.23. The fourth-order valence-corrected chi connectivity index (χ4v) is 0.952. The highest BCUT2D eigenvalue weighted by Gasteiger charge is 2.03. The Bertz CT molecular complexity index is 417. The molecule has 0 atom stereocenters. The van der Waals surface area contributed by atoms with Crippen LogP contribution < -0.4 is 16.6 Å². The smallest absolute Gasteiger partial charge is 0.329 e. The van der Waals surface area contributed by atoms with E-state index in [9.17, 15) is 9.59 Å². The van der Waals surface area contributed by atoms with Crippen LogP contribution >= 0.6 is 0 Å². The van der Waals surface area contributed by atoms with Crippen molar-refractivity contribution in [2.45, 2.75) is 0 Å². The lowest BCUT2D eigenvalue weighted by molar-refractivity contribution is -0.142. The minimum Gasteiger partial charge on any atom is -0.480 e. The number of nitrogens with one attached hydrogen (secondary N) is 2. The van der Waals surface area contributed by atoms with Gasteiger partial charge in [0.25, 0.3) is 5.56 Å². The molecule has 0 amide bonds. The van der Waals surface area contributed by atoms with Gasteiger partial charge in [0, 0.05) is 6.54 Å². The molecule has 1 aromatic heterocycles. The first-order valence-electron chi connectivity index (χ1n) is 4.48. The average molecular weight is 228 g/mol. The van der Waals surface area contributed by atoms with E-state index in [4.69, 9.17) is 15.6 Å². The lowest BCUT2D eigenvalue weighted by atomic mass is 10.4. The van der Waals surface area contributed by atoms with E-state index in [1.54, 1.807) is 0 Å². The number of nitrogen functional groups attached to an aromatic ring is 1. The summed E-state index contributed by atoms with van der Waals surface area (Å²) in [6.07, 6.45) is 1.22. The fourth-order valence-electron chi connectivity index (χ4n) is 0.952. The summed E-state index contributed by atoms with van der Waals surface area (Å²) >= 11 is 0. The fraction of sp³-hybridized carbons (Fsp3) is 0.375. The summed E-state index contributed by atoms with van der Waals surface area (Å²) in [5.74, 6) is -0.781. The minimum absolute atomic E-state index is 0.0132. The summed E-state index contributed by atoms with van der Waals surface area (Å²) in [5, 5.41) is 11.0. The SMILES string of the molecule is Nc1c(NCCOCC(=O)O)nc[nH]c1=O. The van der Waals surface area contributed by atoms with Gasteiger partial charge in [-0.05, 0) is 0 Å². The topological polar surface area (TPSA) is 130 Å². The van der Waals surface area contributed by atoms with Gasteiger partial charge in [-0.25, -0.2) is 9.78 Å². The van der Waals surface area contributed by atoms with E-state index in [1.807, 2.05) is 0 Å². The van der Waals surface area contributed by atoms with Crippen LogP contribution in [0.15, 0.2) is 11.1 Å². The van der Waals surface area contributed by atoms with Gasteiger partial charge < -0.3 is 25.9 Å². The van der Waals surface area contributed by atoms with E-state index in [1.165, 1.54) is 6.33 Å². The van der Waals surface area contributed by atoms with E-state index < -0.39 is 11.5 Å². The van der Waals surface area contributed by atoms with Crippen molar-refractivity contribution in [2.75, 3.05) is 30.8 Å². The van der Waals surface area contributed by atoms with Gasteiger partial charge in [0.15, 0.2) is 5.82 Å². The summed E-state index contributed by atoms with van der Waals surface area (Å²) in [6, 6.07) is 0. The Labute approximate surface area is 90.5 Å². The Kier molecular flexibility index (Phi) is 4.28. The molecule has 0 saturated heterocycles. The third kappa shape index (κ3) is 3.58. The number of aromatic nitrogens is 2. The molecule has 0 unspecified atom stereocenters. The van der Waals surface area contributed by atoms with Gasteiger partial charge in [-0.1, -0.05) is 0 Å². The van der Waals surface area contributed by atoms with E-state index in [2.05, 4.69) is 15.3 Å². The molecule has 0 aliphatic carbocycles. The summed E-state index contributed by atoms with van der Waals surface area (Å²) in [5.41, 5.74) is 5.00. The van der Waals surface area contributed by atoms with Gasteiger partial charge in [-0.2, -0.15) is 0 Å². The van der Waals surface area contributed by atoms with Crippen molar-refractivity contribution in [3.05, 3.63) is 16.7 Å². The maximum atomic E-state index is 11.0. The van der Waals surface area contributed by atoms with Crippen molar-refractivity contribution in [1.82, 2.24) is 9.97 Å². The van der Waals surface area contributed by atoms with Crippen molar-refractivity contribution in [3.63, 3.8) is 0 Å². The summed E-state index contributed by atoms with van der Waals surface area (Å²) in [6.45, 7) is 0.133. The van der Waals surface area contributed by atoms with Crippen LogP contribution in [0.5, 0.6) is 0 Å². The number of nitrogens with zero attached hydrogens (tertiary/aromatic N) is 1. The lowest BCUT2D eigenvalue weighted by Gasteiger charge is -2.06. The van der Waals surface area contributed by atoms with Gasteiger partial charge in [0.2, 0.25) is 0 Å². The van der Waals surface area contributed by atoms with Gasteiger partial charge in [0.05, 0.1) is 12.9 Å². The van der Waals surface area contributed by atoms with E-state index in [0.717, 1.165) is 0 Å². The van der Waals surface area contributed by atoms with Crippen molar-refractivity contribution < 1.29 is 14.6 Å². The van der Waals surface area contributed by atoms with Crippen molar-refractivity contribution in [3.8, 4) is 0 Å². The van der Waals surface area contributed by atoms with Crippen LogP contribution in [0.25, 0.3) is 0 Å². The molecule has 1 heterocycles. The number of ether oxygens (including phenoxy) is 1. The van der Waals surface area contributed by atoms with Crippen LogP contribution in [0.2, 0.25) is 0 Å². The molecule has 16 heavy (non-hydrogen) atoms. The largest absolute Gasteiger partial charge is 0.480 e. The van der Waals surface area contributed by atoms with Gasteiger partial charge in [0.1, 0.15) is 12.3 Å². The number of nitrogens with two attached hydrogens (primary N) is 1. The number of aromatic amines is 1. The Balaban J connectivity index is 2.35. The third-order valence-electron chi connectivity index (χ3n) is 1.65. The van der Waals surface area contributed by atoms with Gasteiger partial charge in [-0.3, -0.25) is 4.79 Å². The first kappa shape index (κ1) is 12.0. The Hall–Kier alpha value is -2.09. The number of H-pyrrole nitrogens is 1. The quantitative estimate of drug-likeness (QED) is 0.453. The number of carboxylic acid groups (broad SMARTS) is 1. The number of carboxylic acids is 1. The zero-order valence-corrected chi connectivity index (χ0v) is 8.40. The van der Waals surface area contributed by atoms with E-state index in [-0.39, 0.29) is 24.7 Å². The predicted octanol–water partition coefficient (Wildman–Crippen LogP) is -1.13. The minimum atomic E-state index is -1.03. The number of hydrogen-bond acceptors (Lipinski definition) is 6. The Morgan fingerprint density at radius 1 is 1.69 bits per heavy atom. The summed E-state index contributed by atoms with van der Waals surface area (Å²) in [4.78, 5) is 27.3. The van der Waals surface area contributed by atoms with Crippen molar-refractivity contribution in [2.24, 2.45) is 0 Å². The first-order chi connectivity index (χ1) is 7.61. The van der Waals surface area contributed by atoms with Gasteiger partial charge >= 0.3 is 5.97 Å². The van der Waals surface area contributed by atoms with Crippen LogP contribution in [0.3, 0.4) is 0 Å². The molecule has 0 bridgehead atoms. The van der Waals surface area contributed by atoms with Crippen LogP contribution in [0, 0.1) is 0 Å². The molecule has 0 aromatic carbocycles. The van der Waals surface area contributed by atoms with Crippen molar-refractivity contribution in [1.29, 1.82) is 0 Å². The number of rotatable bonds is 6. The molecule has 1 aromatic rings. The molecule has 0 saturated carbocycles. The molecule has 8 heteroatoms. The summed E-state index contributed by atoms with van der Waals surface area (Å²) in [7, 11) is 0. The number of aliphatic carboxylic acids is 1. The maximum Gasteiger partial charge on any atom is 0.329 e. The molecule has 8 nitrogen and oxygen atoms in total. The molecule has 5 N–H and O–H groups in total. The van der Waals surface area contributed by atoms with E-state index >= 15 is 0 Å². The molecular formula is C8H12N4O4. The normalized spacial score (nSPS) is 10.0. The molecule has 0 aliphatic rings. The Morgan fingerprint density at radius 3 is 3.12 bits per heavy atom. The number of carbonyl (C=O) groups is 1. The summed E-state index contributed by atoms with van der Waals surface area (Å²) < 4.78 is 4.77. The molecule has 0 spiro atoms. The first-order valence-corrected chi connectivity index (χ1v) is 4.48. The maximum absolute atomic E-state index is 11.0. The third-order valence-corrected chi connectivity index (χ3v) is 1.65. The highest BCUT2D eigenvalue weighted by Crippen LogP contribution is 2.05. The molecule has 1 rings (SSSR count). The second-order valence-electron chi connectivity index (χ2n) is 2.87. The van der Waals surface area contributed by atoms with Crippen LogP contribution in [0.4, 0.5) is 11.5 Å². The molecule has 0 fully saturated rings.